The van der Waals surface area contributed by atoms with Crippen LogP contribution in [0.1, 0.15) is 29.2 Å². The van der Waals surface area contributed by atoms with E-state index in [9.17, 15) is 14.7 Å². The second-order valence-electron chi connectivity index (χ2n) is 8.42. The second-order valence-corrected chi connectivity index (χ2v) is 8.42. The third-order valence-corrected chi connectivity index (χ3v) is 6.29. The minimum Gasteiger partial charge on any atom is -0.503 e. The Kier molecular flexibility index (Phi) is 7.51. The molecule has 0 radical (unpaired) electrons. The van der Waals surface area contributed by atoms with Crippen molar-refractivity contribution in [2.24, 2.45) is 0 Å². The van der Waals surface area contributed by atoms with E-state index in [0.717, 1.165) is 16.7 Å². The van der Waals surface area contributed by atoms with Gasteiger partial charge in [0.25, 0.3) is 5.91 Å². The lowest BCUT2D eigenvalue weighted by Crippen LogP contribution is -2.33. The minimum absolute atomic E-state index is 0.171. The summed E-state index contributed by atoms with van der Waals surface area (Å²) in [6, 6.07) is 24.1. The third kappa shape index (κ3) is 5.22. The molecule has 1 atom stereocenters. The van der Waals surface area contributed by atoms with Crippen LogP contribution >= 0.6 is 0 Å². The number of rotatable bonds is 10. The van der Waals surface area contributed by atoms with Crippen molar-refractivity contribution in [2.75, 3.05) is 20.8 Å². The molecule has 1 amide bonds. The van der Waals surface area contributed by atoms with E-state index < -0.39 is 17.7 Å². The van der Waals surface area contributed by atoms with Crippen molar-refractivity contribution in [2.45, 2.75) is 25.3 Å². The van der Waals surface area contributed by atoms with E-state index in [1.807, 2.05) is 78.9 Å². The van der Waals surface area contributed by atoms with Crippen molar-refractivity contribution in [3.63, 3.8) is 0 Å². The summed E-state index contributed by atoms with van der Waals surface area (Å²) in [6.45, 7) is 0.327. The molecule has 1 aliphatic rings. The van der Waals surface area contributed by atoms with E-state index >= 15 is 0 Å². The normalized spacial score (nSPS) is 15.4. The fourth-order valence-electron chi connectivity index (χ4n) is 4.47. The van der Waals surface area contributed by atoms with Crippen molar-refractivity contribution in [1.29, 1.82) is 0 Å². The number of hydrogen-bond donors (Lipinski definition) is 1. The molecule has 0 fully saturated rings. The van der Waals surface area contributed by atoms with Crippen molar-refractivity contribution in [1.82, 2.24) is 4.90 Å². The number of hydrogen-bond acceptors (Lipinski definition) is 5. The van der Waals surface area contributed by atoms with Gasteiger partial charge < -0.3 is 19.5 Å². The molecule has 0 bridgehead atoms. The van der Waals surface area contributed by atoms with E-state index in [4.69, 9.17) is 9.47 Å². The number of aryl methyl sites for hydroxylation is 1. The van der Waals surface area contributed by atoms with Gasteiger partial charge in [-0.25, -0.2) is 0 Å². The van der Waals surface area contributed by atoms with Crippen LogP contribution in [-0.2, 0) is 22.4 Å². The number of carbonyl (C=O) groups is 2. The van der Waals surface area contributed by atoms with E-state index in [-0.39, 0.29) is 17.8 Å². The topological polar surface area (TPSA) is 76.1 Å². The van der Waals surface area contributed by atoms with Gasteiger partial charge in [0.2, 0.25) is 0 Å². The number of nitrogens with zero attached hydrogens (tertiary/aromatic N) is 1. The second kappa shape index (κ2) is 10.9. The molecule has 1 aliphatic heterocycles. The zero-order valence-corrected chi connectivity index (χ0v) is 19.9. The molecule has 1 heterocycles. The Morgan fingerprint density at radius 2 is 1.51 bits per heavy atom. The van der Waals surface area contributed by atoms with Crippen LogP contribution in [-0.4, -0.2) is 42.5 Å². The predicted octanol–water partition coefficient (Wildman–Crippen LogP) is 4.84. The molecular weight excluding hydrogens is 442 g/mol. The Morgan fingerprint density at radius 1 is 0.857 bits per heavy atom. The maximum Gasteiger partial charge on any atom is 0.290 e. The van der Waals surface area contributed by atoms with Crippen molar-refractivity contribution >= 4 is 11.7 Å². The van der Waals surface area contributed by atoms with E-state index in [1.54, 1.807) is 19.1 Å². The predicted molar refractivity (Wildman–Crippen MR) is 134 cm³/mol. The fraction of sp³-hybridized carbons (Fsp3) is 0.241. The van der Waals surface area contributed by atoms with Crippen LogP contribution < -0.4 is 9.47 Å². The molecule has 6 nitrogen and oxygen atoms in total. The Hall–Kier alpha value is -4.06. The lowest BCUT2D eigenvalue weighted by Gasteiger charge is -2.27. The van der Waals surface area contributed by atoms with Crippen molar-refractivity contribution < 1.29 is 24.2 Å². The van der Waals surface area contributed by atoms with Crippen LogP contribution in [0.2, 0.25) is 0 Å². The maximum atomic E-state index is 13.3. The summed E-state index contributed by atoms with van der Waals surface area (Å²) in [6.07, 6.45) is 1.27. The Bertz CT molecular complexity index is 1220. The molecule has 4 rings (SSSR count). The number of methoxy groups -OCH3 is 2. The molecular formula is C29H29NO5. The van der Waals surface area contributed by atoms with E-state index in [1.165, 1.54) is 0 Å². The van der Waals surface area contributed by atoms with Crippen LogP contribution in [0.5, 0.6) is 11.5 Å². The Balaban J connectivity index is 1.58. The average Bonchev–Trinajstić information content (AvgIpc) is 3.16. The molecule has 0 saturated carbocycles. The zero-order valence-electron chi connectivity index (χ0n) is 19.9. The summed E-state index contributed by atoms with van der Waals surface area (Å²) in [5, 5.41) is 10.8. The first-order valence-electron chi connectivity index (χ1n) is 11.6. The molecule has 35 heavy (non-hydrogen) atoms. The molecule has 0 spiro atoms. The molecule has 3 aromatic carbocycles. The molecule has 180 valence electrons. The quantitative estimate of drug-likeness (QED) is 0.458. The van der Waals surface area contributed by atoms with Crippen molar-refractivity contribution in [3.05, 3.63) is 107 Å². The van der Waals surface area contributed by atoms with Gasteiger partial charge in [0.05, 0.1) is 25.8 Å². The summed E-state index contributed by atoms with van der Waals surface area (Å²) in [7, 11) is 3.15. The third-order valence-electron chi connectivity index (χ3n) is 6.29. The van der Waals surface area contributed by atoms with Gasteiger partial charge >= 0.3 is 0 Å². The van der Waals surface area contributed by atoms with Gasteiger partial charge in [-0.15, -0.1) is 0 Å². The highest BCUT2D eigenvalue weighted by atomic mass is 16.5. The van der Waals surface area contributed by atoms with Gasteiger partial charge in [-0.3, -0.25) is 9.59 Å². The molecule has 1 N–H and O–H groups in total. The largest absolute Gasteiger partial charge is 0.503 e. The summed E-state index contributed by atoms with van der Waals surface area (Å²) in [4.78, 5) is 28.0. The molecule has 1 unspecified atom stereocenters. The summed E-state index contributed by atoms with van der Waals surface area (Å²) in [5.41, 5.74) is 2.95. The van der Waals surface area contributed by atoms with Crippen LogP contribution in [0, 0.1) is 0 Å². The molecule has 0 saturated heterocycles. The van der Waals surface area contributed by atoms with E-state index in [0.29, 0.717) is 30.9 Å². The minimum atomic E-state index is -0.632. The number of ether oxygens (including phenoxy) is 2. The monoisotopic (exact) mass is 471 g/mol. The summed E-state index contributed by atoms with van der Waals surface area (Å²) in [5.74, 6) is 0.0326. The number of amides is 1. The molecule has 3 aromatic rings. The Labute approximate surface area is 205 Å². The van der Waals surface area contributed by atoms with Gasteiger partial charge in [-0.1, -0.05) is 66.7 Å². The molecule has 0 aromatic heterocycles. The van der Waals surface area contributed by atoms with Gasteiger partial charge in [0.1, 0.15) is 0 Å². The summed E-state index contributed by atoms with van der Waals surface area (Å²) < 4.78 is 10.7. The Morgan fingerprint density at radius 3 is 2.17 bits per heavy atom. The first kappa shape index (κ1) is 24.1. The molecule has 0 aliphatic carbocycles. The highest BCUT2D eigenvalue weighted by Gasteiger charge is 2.42. The molecule has 6 heteroatoms. The van der Waals surface area contributed by atoms with Crippen LogP contribution in [0.4, 0.5) is 0 Å². The smallest absolute Gasteiger partial charge is 0.290 e. The van der Waals surface area contributed by atoms with E-state index in [2.05, 4.69) is 0 Å². The van der Waals surface area contributed by atoms with Crippen molar-refractivity contribution in [3.8, 4) is 11.5 Å². The maximum absolute atomic E-state index is 13.3. The highest BCUT2D eigenvalue weighted by molar-refractivity contribution is 6.09. The van der Waals surface area contributed by atoms with Crippen LogP contribution in [0.25, 0.3) is 0 Å². The first-order valence-corrected chi connectivity index (χ1v) is 11.6. The highest BCUT2D eigenvalue weighted by Crippen LogP contribution is 2.38. The van der Waals surface area contributed by atoms with Crippen LogP contribution in [0.15, 0.2) is 90.2 Å². The number of carbonyl (C=O) groups excluding carboxylic acids is 2. The number of benzene rings is 3. The number of aliphatic hydroxyl groups is 1. The fourth-order valence-corrected chi connectivity index (χ4v) is 4.47. The number of ketones is 1. The lowest BCUT2D eigenvalue weighted by molar-refractivity contribution is -0.129. The van der Waals surface area contributed by atoms with Gasteiger partial charge in [-0.2, -0.15) is 0 Å². The first-order chi connectivity index (χ1) is 17.0. The average molecular weight is 472 g/mol. The SMILES string of the molecule is COc1ccc(CCN2C(=O)C(O)=C(C(=O)CCc3ccccc3)C2c2ccccc2)cc1OC. The van der Waals surface area contributed by atoms with Gasteiger partial charge in [0.15, 0.2) is 23.0 Å². The summed E-state index contributed by atoms with van der Waals surface area (Å²) >= 11 is 0. The van der Waals surface area contributed by atoms with Gasteiger partial charge in [-0.05, 0) is 41.7 Å². The van der Waals surface area contributed by atoms with Crippen LogP contribution in [0.3, 0.4) is 0 Å². The van der Waals surface area contributed by atoms with Gasteiger partial charge in [0, 0.05) is 13.0 Å². The standard InChI is InChI=1S/C29H29NO5/c1-34-24-16-14-21(19-25(24)35-2)17-18-30-27(22-11-7-4-8-12-22)26(28(32)29(30)33)23(31)15-13-20-9-5-3-6-10-20/h3-12,14,16,19,27,32H,13,15,17-18H2,1-2H3. The zero-order chi connectivity index (χ0) is 24.8. The lowest BCUT2D eigenvalue weighted by atomic mass is 9.93. The number of aliphatic hydroxyl groups excluding tert-OH is 1. The number of Topliss-reactive ketones (excluding diaryl/α,β-unsaturated/α-hetero) is 1.